The van der Waals surface area contributed by atoms with Crippen molar-refractivity contribution >= 4 is 29.3 Å². The SMILES string of the molecule is COc1ccc(-n2nc(Sc3ccc(Cl)cc3)cc(CC[C@@H](C)NC(=O)[C@H]3CNCC[C@@H]3c3cccc(C(F)(F)F)c3)c2=O)cc1. The van der Waals surface area contributed by atoms with Crippen LogP contribution in [-0.4, -0.2) is 41.9 Å². The highest BCUT2D eigenvalue weighted by atomic mass is 35.5. The van der Waals surface area contributed by atoms with Crippen molar-refractivity contribution in [2.45, 2.75) is 54.2 Å². The first-order valence-electron chi connectivity index (χ1n) is 14.9. The number of carbonyl (C=O) groups excluding carboxylic acids is 1. The number of nitrogens with zero attached hydrogens (tertiary/aromatic N) is 2. The van der Waals surface area contributed by atoms with E-state index in [1.54, 1.807) is 55.6 Å². The van der Waals surface area contributed by atoms with Crippen LogP contribution >= 0.6 is 23.4 Å². The molecule has 1 aliphatic heterocycles. The molecule has 2 heterocycles. The van der Waals surface area contributed by atoms with E-state index in [0.29, 0.717) is 65.0 Å². The first-order chi connectivity index (χ1) is 22.0. The molecule has 0 saturated carbocycles. The number of rotatable bonds is 10. The highest BCUT2D eigenvalue weighted by Crippen LogP contribution is 2.35. The number of carbonyl (C=O) groups is 1. The molecule has 5 rings (SSSR count). The lowest BCUT2D eigenvalue weighted by molar-refractivity contribution is -0.137. The maximum atomic E-state index is 13.6. The Morgan fingerprint density at radius 1 is 1.13 bits per heavy atom. The lowest BCUT2D eigenvalue weighted by Gasteiger charge is -2.32. The van der Waals surface area contributed by atoms with Gasteiger partial charge in [0.25, 0.3) is 5.56 Å². The first kappa shape index (κ1) is 33.6. The molecular weight excluding hydrogens is 637 g/mol. The maximum Gasteiger partial charge on any atom is 0.416 e. The zero-order valence-electron chi connectivity index (χ0n) is 25.3. The minimum Gasteiger partial charge on any atom is -0.497 e. The van der Waals surface area contributed by atoms with E-state index in [-0.39, 0.29) is 23.4 Å². The van der Waals surface area contributed by atoms with Gasteiger partial charge < -0.3 is 15.4 Å². The van der Waals surface area contributed by atoms with E-state index < -0.39 is 17.7 Å². The third-order valence-corrected chi connectivity index (χ3v) is 9.18. The average Bonchev–Trinajstić information content (AvgIpc) is 3.05. The van der Waals surface area contributed by atoms with E-state index in [1.807, 2.05) is 19.1 Å². The van der Waals surface area contributed by atoms with Crippen LogP contribution in [0.1, 0.15) is 42.4 Å². The fourth-order valence-electron chi connectivity index (χ4n) is 5.54. The van der Waals surface area contributed by atoms with Gasteiger partial charge >= 0.3 is 6.18 Å². The Hall–Kier alpha value is -3.80. The third kappa shape index (κ3) is 8.31. The quantitative estimate of drug-likeness (QED) is 0.191. The minimum atomic E-state index is -4.46. The topological polar surface area (TPSA) is 85.2 Å². The average molecular weight is 671 g/mol. The van der Waals surface area contributed by atoms with Crippen molar-refractivity contribution in [3.8, 4) is 11.4 Å². The molecule has 2 N–H and O–H groups in total. The molecule has 46 heavy (non-hydrogen) atoms. The summed E-state index contributed by atoms with van der Waals surface area (Å²) in [5, 5.41) is 12.1. The second kappa shape index (κ2) is 14.7. The molecule has 1 saturated heterocycles. The number of piperidine rings is 1. The lowest BCUT2D eigenvalue weighted by atomic mass is 9.80. The molecule has 7 nitrogen and oxygen atoms in total. The van der Waals surface area contributed by atoms with Gasteiger partial charge in [-0.05, 0) is 105 Å². The Morgan fingerprint density at radius 3 is 2.57 bits per heavy atom. The summed E-state index contributed by atoms with van der Waals surface area (Å²) in [6.07, 6.45) is -3.08. The standard InChI is InChI=1S/C34H34ClF3N4O3S/c1-21(40-32(43)30-20-39-17-16-29(30)22-4-3-5-24(18-22)34(36,37)38)6-7-23-19-31(46-28-14-8-25(35)9-15-28)41-42(33(23)44)26-10-12-27(45-2)13-11-26/h3-5,8-15,18-19,21,29-30,39H,6-7,16-17,20H2,1-2H3,(H,40,43)/t21-,29-,30+/m1/s1. The van der Waals surface area contributed by atoms with E-state index in [1.165, 1.54) is 22.5 Å². The van der Waals surface area contributed by atoms with E-state index in [2.05, 4.69) is 15.7 Å². The number of aromatic nitrogens is 2. The highest BCUT2D eigenvalue weighted by molar-refractivity contribution is 7.99. The van der Waals surface area contributed by atoms with Crippen LogP contribution < -0.4 is 20.9 Å². The zero-order chi connectivity index (χ0) is 32.8. The molecule has 0 radical (unpaired) electrons. The Kier molecular flexibility index (Phi) is 10.8. The molecule has 242 valence electrons. The van der Waals surface area contributed by atoms with Gasteiger partial charge in [-0.25, -0.2) is 0 Å². The summed E-state index contributed by atoms with van der Waals surface area (Å²) in [4.78, 5) is 28.0. The summed E-state index contributed by atoms with van der Waals surface area (Å²) in [6.45, 7) is 2.83. The predicted molar refractivity (Wildman–Crippen MR) is 173 cm³/mol. The van der Waals surface area contributed by atoms with Crippen LogP contribution in [0.4, 0.5) is 13.2 Å². The molecule has 1 fully saturated rings. The van der Waals surface area contributed by atoms with Gasteiger partial charge in [-0.3, -0.25) is 9.59 Å². The summed E-state index contributed by atoms with van der Waals surface area (Å²) < 4.78 is 46.8. The number of alkyl halides is 3. The van der Waals surface area contributed by atoms with Crippen molar-refractivity contribution in [3.63, 3.8) is 0 Å². The Balaban J connectivity index is 1.32. The van der Waals surface area contributed by atoms with Crippen molar-refractivity contribution in [1.82, 2.24) is 20.4 Å². The van der Waals surface area contributed by atoms with E-state index >= 15 is 0 Å². The molecule has 3 aromatic carbocycles. The summed E-state index contributed by atoms with van der Waals surface area (Å²) in [6, 6.07) is 21.1. The Morgan fingerprint density at radius 2 is 1.87 bits per heavy atom. The number of hydrogen-bond donors (Lipinski definition) is 2. The summed E-state index contributed by atoms with van der Waals surface area (Å²) in [5.74, 6) is -0.460. The van der Waals surface area contributed by atoms with Crippen LogP contribution in [0.5, 0.6) is 5.75 Å². The van der Waals surface area contributed by atoms with Gasteiger partial charge in [-0.15, -0.1) is 0 Å². The Bertz CT molecular complexity index is 1710. The number of halogens is 4. The summed E-state index contributed by atoms with van der Waals surface area (Å²) >= 11 is 7.45. The molecule has 1 aromatic heterocycles. The van der Waals surface area contributed by atoms with Crippen LogP contribution in [0.15, 0.2) is 93.6 Å². The predicted octanol–water partition coefficient (Wildman–Crippen LogP) is 6.90. The van der Waals surface area contributed by atoms with Gasteiger partial charge in [0.15, 0.2) is 0 Å². The molecule has 0 unspecified atom stereocenters. The fraction of sp³-hybridized carbons (Fsp3) is 0.324. The molecule has 3 atom stereocenters. The third-order valence-electron chi connectivity index (χ3n) is 8.01. The van der Waals surface area contributed by atoms with Crippen molar-refractivity contribution in [2.75, 3.05) is 20.2 Å². The summed E-state index contributed by atoms with van der Waals surface area (Å²) in [5.41, 5.74) is 0.625. The normalized spacial score (nSPS) is 17.3. The largest absolute Gasteiger partial charge is 0.497 e. The smallest absolute Gasteiger partial charge is 0.416 e. The van der Waals surface area contributed by atoms with E-state index in [9.17, 15) is 22.8 Å². The molecule has 4 aromatic rings. The number of aryl methyl sites for hydroxylation is 1. The fourth-order valence-corrected chi connectivity index (χ4v) is 6.51. The van der Waals surface area contributed by atoms with Gasteiger partial charge in [-0.2, -0.15) is 23.0 Å². The molecule has 0 bridgehead atoms. The van der Waals surface area contributed by atoms with Crippen LogP contribution in [-0.2, 0) is 17.4 Å². The van der Waals surface area contributed by atoms with Crippen LogP contribution in [0.25, 0.3) is 5.69 Å². The van der Waals surface area contributed by atoms with E-state index in [4.69, 9.17) is 16.3 Å². The number of ether oxygens (including phenoxy) is 1. The molecule has 1 amide bonds. The number of hydrogen-bond acceptors (Lipinski definition) is 6. The minimum absolute atomic E-state index is 0.230. The van der Waals surface area contributed by atoms with Crippen molar-refractivity contribution < 1.29 is 22.7 Å². The van der Waals surface area contributed by atoms with Gasteiger partial charge in [0.2, 0.25) is 5.91 Å². The first-order valence-corrected chi connectivity index (χ1v) is 16.1. The second-order valence-electron chi connectivity index (χ2n) is 11.3. The van der Waals surface area contributed by atoms with Crippen molar-refractivity contribution in [3.05, 3.63) is 111 Å². The number of benzene rings is 3. The van der Waals surface area contributed by atoms with Gasteiger partial charge in [0.1, 0.15) is 10.8 Å². The monoisotopic (exact) mass is 670 g/mol. The van der Waals surface area contributed by atoms with Crippen LogP contribution in [0, 0.1) is 5.92 Å². The molecule has 1 aliphatic rings. The Labute approximate surface area is 274 Å². The van der Waals surface area contributed by atoms with Gasteiger partial charge in [0.05, 0.1) is 24.3 Å². The number of amides is 1. The van der Waals surface area contributed by atoms with Crippen LogP contribution in [0.3, 0.4) is 0 Å². The van der Waals surface area contributed by atoms with Crippen molar-refractivity contribution in [2.24, 2.45) is 5.92 Å². The summed E-state index contributed by atoms with van der Waals surface area (Å²) in [7, 11) is 1.57. The molecule has 0 aliphatic carbocycles. The maximum absolute atomic E-state index is 13.6. The van der Waals surface area contributed by atoms with E-state index in [0.717, 1.165) is 17.0 Å². The number of nitrogens with one attached hydrogen (secondary N) is 2. The molecular formula is C34H34ClF3N4O3S. The van der Waals surface area contributed by atoms with Gasteiger partial charge in [-0.1, -0.05) is 41.6 Å². The van der Waals surface area contributed by atoms with Crippen LogP contribution in [0.2, 0.25) is 5.02 Å². The lowest BCUT2D eigenvalue weighted by Crippen LogP contribution is -2.47. The zero-order valence-corrected chi connectivity index (χ0v) is 26.9. The number of methoxy groups -OCH3 is 1. The molecule has 12 heteroatoms. The molecule has 0 spiro atoms. The highest BCUT2D eigenvalue weighted by Gasteiger charge is 2.35. The van der Waals surface area contributed by atoms with Crippen molar-refractivity contribution in [1.29, 1.82) is 0 Å². The van der Waals surface area contributed by atoms with Gasteiger partial charge in [0, 0.05) is 28.1 Å². The second-order valence-corrected chi connectivity index (χ2v) is 12.8.